The number of ether oxygens (including phenoxy) is 1. The van der Waals surface area contributed by atoms with Gasteiger partial charge in [-0.1, -0.05) is 23.8 Å². The zero-order chi connectivity index (χ0) is 22.4. The van der Waals surface area contributed by atoms with Gasteiger partial charge in [0.1, 0.15) is 10.6 Å². The third kappa shape index (κ3) is 3.48. The molecule has 3 heterocycles. The average molecular weight is 446 g/mol. The molecule has 160 valence electrons. The molecule has 7 nitrogen and oxygen atoms in total. The highest BCUT2D eigenvalue weighted by molar-refractivity contribution is 7.17. The number of anilines is 1. The Labute approximate surface area is 187 Å². The molecule has 0 saturated carbocycles. The van der Waals surface area contributed by atoms with Crippen LogP contribution in [0.3, 0.4) is 0 Å². The Bertz CT molecular complexity index is 1470. The lowest BCUT2D eigenvalue weighted by Gasteiger charge is -2.18. The number of hydrogen-bond acceptors (Lipinski definition) is 6. The van der Waals surface area contributed by atoms with E-state index in [0.717, 1.165) is 22.3 Å². The molecular weight excluding hydrogens is 426 g/mol. The van der Waals surface area contributed by atoms with Crippen molar-refractivity contribution in [1.29, 1.82) is 0 Å². The van der Waals surface area contributed by atoms with Gasteiger partial charge < -0.3 is 10.1 Å². The van der Waals surface area contributed by atoms with E-state index in [-0.39, 0.29) is 30.4 Å². The fraction of sp³-hybridized carbons (Fsp3) is 0.167. The number of rotatable bonds is 4. The van der Waals surface area contributed by atoms with Gasteiger partial charge in [-0.25, -0.2) is 4.98 Å². The number of aryl methyl sites for hydroxylation is 2. The lowest BCUT2D eigenvalue weighted by molar-refractivity contribution is -0.118. The van der Waals surface area contributed by atoms with E-state index in [1.54, 1.807) is 18.2 Å². The predicted molar refractivity (Wildman–Crippen MR) is 124 cm³/mol. The summed E-state index contributed by atoms with van der Waals surface area (Å²) in [5.74, 6) is -0.0266. The van der Waals surface area contributed by atoms with E-state index in [4.69, 9.17) is 4.74 Å². The smallest absolute Gasteiger partial charge is 0.263 e. The first-order valence-corrected chi connectivity index (χ1v) is 10.9. The Morgan fingerprint density at radius 3 is 2.81 bits per heavy atom. The van der Waals surface area contributed by atoms with Crippen LogP contribution in [0.5, 0.6) is 5.75 Å². The maximum atomic E-state index is 13.3. The molecule has 0 spiro atoms. The number of amides is 1. The van der Waals surface area contributed by atoms with Gasteiger partial charge >= 0.3 is 0 Å². The van der Waals surface area contributed by atoms with Crippen LogP contribution in [-0.2, 0) is 11.3 Å². The molecular formula is C24H19N3O4S. The normalized spacial score (nSPS) is 12.9. The zero-order valence-corrected chi connectivity index (χ0v) is 18.3. The van der Waals surface area contributed by atoms with Gasteiger partial charge in [-0.05, 0) is 43.2 Å². The molecule has 2 aromatic carbocycles. The van der Waals surface area contributed by atoms with E-state index in [9.17, 15) is 14.4 Å². The molecule has 0 bridgehead atoms. The van der Waals surface area contributed by atoms with Gasteiger partial charge in [-0.15, -0.1) is 11.3 Å². The number of hydrogen-bond donors (Lipinski definition) is 1. The van der Waals surface area contributed by atoms with Crippen molar-refractivity contribution in [1.82, 2.24) is 9.55 Å². The third-order valence-electron chi connectivity index (χ3n) is 5.48. The largest absolute Gasteiger partial charge is 0.482 e. The number of fused-ring (bicyclic) bond motifs is 2. The van der Waals surface area contributed by atoms with Crippen molar-refractivity contribution in [2.24, 2.45) is 0 Å². The fourth-order valence-electron chi connectivity index (χ4n) is 3.90. The maximum Gasteiger partial charge on any atom is 0.263 e. The molecule has 0 fully saturated rings. The van der Waals surface area contributed by atoms with Gasteiger partial charge in [-0.2, -0.15) is 0 Å². The first kappa shape index (κ1) is 20.1. The average Bonchev–Trinajstić information content (AvgIpc) is 3.19. The van der Waals surface area contributed by atoms with Gasteiger partial charge in [0, 0.05) is 16.5 Å². The van der Waals surface area contributed by atoms with Crippen molar-refractivity contribution >= 4 is 38.9 Å². The number of aromatic nitrogens is 2. The highest BCUT2D eigenvalue weighted by Crippen LogP contribution is 2.33. The highest BCUT2D eigenvalue weighted by Gasteiger charge is 2.20. The third-order valence-corrected chi connectivity index (χ3v) is 6.37. The Balaban J connectivity index is 1.51. The monoisotopic (exact) mass is 445 g/mol. The molecule has 2 aromatic heterocycles. The molecule has 0 atom stereocenters. The molecule has 4 aromatic rings. The van der Waals surface area contributed by atoms with Crippen molar-refractivity contribution in [2.45, 2.75) is 20.4 Å². The van der Waals surface area contributed by atoms with Crippen molar-refractivity contribution in [3.63, 3.8) is 0 Å². The Hall–Kier alpha value is -3.78. The molecule has 1 aliphatic heterocycles. The molecule has 0 saturated heterocycles. The van der Waals surface area contributed by atoms with Crippen molar-refractivity contribution in [2.75, 3.05) is 11.9 Å². The summed E-state index contributed by atoms with van der Waals surface area (Å²) in [7, 11) is 0. The number of ketones is 1. The first-order chi connectivity index (χ1) is 15.4. The van der Waals surface area contributed by atoms with Crippen LogP contribution in [0.25, 0.3) is 21.3 Å². The lowest BCUT2D eigenvalue weighted by Crippen LogP contribution is -2.26. The summed E-state index contributed by atoms with van der Waals surface area (Å²) < 4.78 is 6.66. The second-order valence-electron chi connectivity index (χ2n) is 7.80. The molecule has 8 heteroatoms. The van der Waals surface area contributed by atoms with Crippen molar-refractivity contribution < 1.29 is 14.3 Å². The van der Waals surface area contributed by atoms with Gasteiger partial charge in [-0.3, -0.25) is 19.0 Å². The number of thiophene rings is 1. The summed E-state index contributed by atoms with van der Waals surface area (Å²) in [5, 5.41) is 5.15. The van der Waals surface area contributed by atoms with Crippen molar-refractivity contribution in [3.8, 4) is 16.9 Å². The lowest BCUT2D eigenvalue weighted by atomic mass is 9.99. The number of carbonyl (C=O) groups is 2. The Morgan fingerprint density at radius 2 is 2.00 bits per heavy atom. The molecule has 0 unspecified atom stereocenters. The molecule has 1 N–H and O–H groups in total. The van der Waals surface area contributed by atoms with Crippen LogP contribution in [0.15, 0.2) is 52.9 Å². The summed E-state index contributed by atoms with van der Waals surface area (Å²) in [5.41, 5.74) is 4.61. The van der Waals surface area contributed by atoms with Crippen LogP contribution < -0.4 is 15.6 Å². The van der Waals surface area contributed by atoms with E-state index in [2.05, 4.69) is 16.4 Å². The zero-order valence-electron chi connectivity index (χ0n) is 17.5. The second-order valence-corrected chi connectivity index (χ2v) is 8.65. The minimum atomic E-state index is -0.274. The summed E-state index contributed by atoms with van der Waals surface area (Å²) in [6.45, 7) is 3.84. The Kier molecular flexibility index (Phi) is 4.86. The number of nitrogens with one attached hydrogen (secondary N) is 1. The maximum absolute atomic E-state index is 13.3. The van der Waals surface area contributed by atoms with Gasteiger partial charge in [0.25, 0.3) is 11.5 Å². The topological polar surface area (TPSA) is 90.3 Å². The molecule has 1 amide bonds. The van der Waals surface area contributed by atoms with Crippen LogP contribution in [0.1, 0.15) is 21.5 Å². The predicted octanol–water partition coefficient (Wildman–Crippen LogP) is 3.96. The molecule has 0 radical (unpaired) electrons. The fourth-order valence-corrected chi connectivity index (χ4v) is 4.79. The van der Waals surface area contributed by atoms with Crippen LogP contribution in [0.2, 0.25) is 0 Å². The molecule has 1 aliphatic rings. The summed E-state index contributed by atoms with van der Waals surface area (Å²) in [6.07, 6.45) is 1.41. The van der Waals surface area contributed by atoms with Gasteiger partial charge in [0.15, 0.2) is 12.4 Å². The van der Waals surface area contributed by atoms with Crippen LogP contribution >= 0.6 is 11.3 Å². The summed E-state index contributed by atoms with van der Waals surface area (Å²) >= 11 is 1.41. The van der Waals surface area contributed by atoms with Crippen LogP contribution in [-0.4, -0.2) is 27.8 Å². The van der Waals surface area contributed by atoms with Crippen LogP contribution in [0.4, 0.5) is 5.69 Å². The van der Waals surface area contributed by atoms with E-state index >= 15 is 0 Å². The van der Waals surface area contributed by atoms with Crippen LogP contribution in [0, 0.1) is 13.8 Å². The number of carbonyl (C=O) groups excluding carboxylic acids is 2. The minimum Gasteiger partial charge on any atom is -0.482 e. The molecule has 0 aliphatic carbocycles. The Morgan fingerprint density at radius 1 is 1.16 bits per heavy atom. The number of benzene rings is 2. The van der Waals surface area contributed by atoms with E-state index in [1.807, 2.05) is 31.4 Å². The SMILES string of the molecule is Cc1ccc(-c2csc3ncn(CC(=O)c4ccc5c(c4)NC(=O)CO5)c(=O)c23)c(C)c1. The molecule has 32 heavy (non-hydrogen) atoms. The molecule has 5 rings (SSSR count). The second kappa shape index (κ2) is 7.72. The van der Waals surface area contributed by atoms with E-state index < -0.39 is 0 Å². The van der Waals surface area contributed by atoms with Crippen molar-refractivity contribution in [3.05, 3.63) is 75.1 Å². The van der Waals surface area contributed by atoms with Gasteiger partial charge in [0.05, 0.1) is 23.9 Å². The summed E-state index contributed by atoms with van der Waals surface area (Å²) in [4.78, 5) is 42.8. The quantitative estimate of drug-likeness (QED) is 0.480. The summed E-state index contributed by atoms with van der Waals surface area (Å²) in [6, 6.07) is 10.9. The standard InChI is InChI=1S/C24H19N3O4S/c1-13-3-5-16(14(2)7-13)17-11-32-23-22(17)24(30)27(12-25-23)9-19(28)15-4-6-20-18(8-15)26-21(29)10-31-20/h3-8,11-12H,9-10H2,1-2H3,(H,26,29). The minimum absolute atomic E-state index is 0.0508. The first-order valence-electron chi connectivity index (χ1n) is 10.0. The highest BCUT2D eigenvalue weighted by atomic mass is 32.1. The van der Waals surface area contributed by atoms with E-state index in [0.29, 0.717) is 27.2 Å². The number of Topliss-reactive ketones (excluding diaryl/α,β-unsaturated/α-hetero) is 1. The number of nitrogens with zero attached hydrogens (tertiary/aromatic N) is 2. The van der Waals surface area contributed by atoms with Gasteiger partial charge in [0.2, 0.25) is 0 Å². The van der Waals surface area contributed by atoms with E-state index in [1.165, 1.54) is 22.2 Å².